The number of nitrogens with one attached hydrogen (secondary N) is 1. The van der Waals surface area contributed by atoms with Crippen molar-refractivity contribution >= 4 is 28.6 Å². The molecule has 5 rings (SSSR count). The number of aromatic nitrogens is 3. The molecule has 2 aromatic carbocycles. The van der Waals surface area contributed by atoms with E-state index < -0.39 is 36.1 Å². The van der Waals surface area contributed by atoms with Crippen molar-refractivity contribution in [1.29, 1.82) is 0 Å². The molecule has 10 nitrogen and oxygen atoms in total. The number of amides is 2. The third-order valence-corrected chi connectivity index (χ3v) is 7.47. The predicted octanol–water partition coefficient (Wildman–Crippen LogP) is 7.15. The first-order chi connectivity index (χ1) is 23.6. The maximum absolute atomic E-state index is 15.2. The van der Waals surface area contributed by atoms with Crippen molar-refractivity contribution < 1.29 is 41.4 Å². The van der Waals surface area contributed by atoms with Gasteiger partial charge in [0.15, 0.2) is 5.65 Å². The first-order valence-electron chi connectivity index (χ1n) is 16.0. The number of pyridine rings is 1. The van der Waals surface area contributed by atoms with Crippen LogP contribution in [0.3, 0.4) is 0 Å². The predicted molar refractivity (Wildman–Crippen MR) is 181 cm³/mol. The first-order valence-corrected chi connectivity index (χ1v) is 16.0. The summed E-state index contributed by atoms with van der Waals surface area (Å²) in [5, 5.41) is 7.21. The Morgan fingerprint density at radius 2 is 1.70 bits per heavy atom. The number of alkyl halides is 3. The molecule has 0 unspecified atom stereocenters. The van der Waals surface area contributed by atoms with Crippen molar-refractivity contribution in [1.82, 2.24) is 25.0 Å². The summed E-state index contributed by atoms with van der Waals surface area (Å²) in [6.45, 7) is 11.3. The van der Waals surface area contributed by atoms with Crippen LogP contribution in [-0.2, 0) is 27.4 Å². The van der Waals surface area contributed by atoms with Crippen LogP contribution in [0.25, 0.3) is 27.7 Å². The van der Waals surface area contributed by atoms with Gasteiger partial charge < -0.3 is 24.4 Å². The molecular weight excluding hydrogens is 658 g/mol. The molecule has 2 amide bonds. The summed E-state index contributed by atoms with van der Waals surface area (Å²) in [7, 11) is 1.58. The zero-order valence-corrected chi connectivity index (χ0v) is 28.9. The molecule has 14 heteroatoms. The molecule has 0 bridgehead atoms. The van der Waals surface area contributed by atoms with E-state index in [0.29, 0.717) is 46.7 Å². The van der Waals surface area contributed by atoms with Crippen molar-refractivity contribution in [3.63, 3.8) is 0 Å². The summed E-state index contributed by atoms with van der Waals surface area (Å²) in [6.07, 6.45) is -2.09. The van der Waals surface area contributed by atoms with E-state index in [4.69, 9.17) is 19.3 Å². The van der Waals surface area contributed by atoms with E-state index in [1.165, 1.54) is 12.1 Å². The molecule has 0 saturated carbocycles. The third kappa shape index (κ3) is 9.59. The number of methoxy groups -OCH3 is 1. The minimum Gasteiger partial charge on any atom is -0.497 e. The summed E-state index contributed by atoms with van der Waals surface area (Å²) in [4.78, 5) is 30.2. The van der Waals surface area contributed by atoms with E-state index in [1.807, 2.05) is 44.2 Å². The summed E-state index contributed by atoms with van der Waals surface area (Å²) in [5.41, 5.74) is 2.97. The van der Waals surface area contributed by atoms with Gasteiger partial charge >= 0.3 is 18.2 Å². The van der Waals surface area contributed by atoms with E-state index in [9.17, 15) is 22.8 Å². The van der Waals surface area contributed by atoms with Gasteiger partial charge in [0.25, 0.3) is 0 Å². The summed E-state index contributed by atoms with van der Waals surface area (Å²) < 4.78 is 70.4. The number of halogens is 4. The lowest BCUT2D eigenvalue weighted by Gasteiger charge is -2.24. The topological polar surface area (TPSA) is 108 Å². The van der Waals surface area contributed by atoms with Crippen LogP contribution in [0.2, 0.25) is 0 Å². The molecule has 1 aliphatic heterocycles. The minimum absolute atomic E-state index is 0.108. The van der Waals surface area contributed by atoms with Gasteiger partial charge in [0.05, 0.1) is 31.3 Å². The lowest BCUT2D eigenvalue weighted by atomic mass is 9.98. The number of carbonyl (C=O) groups is 2. The number of nitrogens with zero attached hydrogens (tertiary/aromatic N) is 4. The normalized spacial score (nSPS) is 13.1. The Labute approximate surface area is 288 Å². The highest BCUT2D eigenvalue weighted by Gasteiger charge is 2.38. The Morgan fingerprint density at radius 1 is 1.00 bits per heavy atom. The second kappa shape index (κ2) is 16.2. The molecule has 268 valence electrons. The lowest BCUT2D eigenvalue weighted by molar-refractivity contribution is -0.173. The van der Waals surface area contributed by atoms with Crippen LogP contribution in [0.15, 0.2) is 60.8 Å². The minimum atomic E-state index is -5.07. The Balaban J connectivity index is 0.00000105. The fourth-order valence-corrected chi connectivity index (χ4v) is 5.11. The van der Waals surface area contributed by atoms with Gasteiger partial charge in [0.1, 0.15) is 17.2 Å². The molecule has 1 aliphatic rings. The van der Waals surface area contributed by atoms with Crippen molar-refractivity contribution in [3.05, 3.63) is 83.4 Å². The number of carbonyl (C=O) groups excluding carboxylic acids is 2. The largest absolute Gasteiger partial charge is 0.497 e. The number of ether oxygens (including phenoxy) is 3. The monoisotopic (exact) mass is 699 g/mol. The quantitative estimate of drug-likeness (QED) is 0.185. The highest BCUT2D eigenvalue weighted by molar-refractivity contribution is 6.01. The maximum Gasteiger partial charge on any atom is 0.471 e. The second-order valence-corrected chi connectivity index (χ2v) is 12.3. The van der Waals surface area contributed by atoms with Crippen LogP contribution in [0.5, 0.6) is 5.75 Å². The molecule has 0 aliphatic carbocycles. The van der Waals surface area contributed by atoms with Gasteiger partial charge in [-0.3, -0.25) is 4.79 Å². The smallest absolute Gasteiger partial charge is 0.471 e. The Kier molecular flexibility index (Phi) is 12.2. The van der Waals surface area contributed by atoms with Crippen molar-refractivity contribution in [2.24, 2.45) is 0 Å². The standard InChI is InChI=1S/C32H31F4N5O4.C4H10O/c1-31(2,3)45-30(43)40-14-12-22(18-40)27-26-24(20-7-8-21(25(33)15-20)16-38-29(42)32(34,35)36)11-13-37-28(26)41(39-27)17-19-5-9-23(44-4)10-6-19;1-3-5-4-2/h5-13,15H,14,16-18H2,1-4H3,(H,38,42);3-4H2,1-2H3. The fourth-order valence-electron chi connectivity index (χ4n) is 5.11. The summed E-state index contributed by atoms with van der Waals surface area (Å²) in [6, 6.07) is 13.3. The lowest BCUT2D eigenvalue weighted by Crippen LogP contribution is -2.36. The molecule has 3 heterocycles. The average molecular weight is 700 g/mol. The van der Waals surface area contributed by atoms with Gasteiger partial charge in [-0.2, -0.15) is 18.3 Å². The zero-order chi connectivity index (χ0) is 36.6. The molecule has 0 fully saturated rings. The van der Waals surface area contributed by atoms with Crippen LogP contribution in [-0.4, -0.2) is 76.9 Å². The molecular formula is C36H41F4N5O5. The molecule has 2 aromatic heterocycles. The van der Waals surface area contributed by atoms with E-state index in [2.05, 4.69) is 4.98 Å². The molecule has 4 aromatic rings. The van der Waals surface area contributed by atoms with Crippen LogP contribution in [0.1, 0.15) is 51.4 Å². The molecule has 0 saturated heterocycles. The van der Waals surface area contributed by atoms with E-state index >= 15 is 4.39 Å². The Bertz CT molecular complexity index is 1830. The second-order valence-electron chi connectivity index (χ2n) is 12.3. The molecule has 0 atom stereocenters. The first kappa shape index (κ1) is 37.8. The number of benzene rings is 2. The summed E-state index contributed by atoms with van der Waals surface area (Å²) in [5.74, 6) is -2.24. The molecule has 1 N–H and O–H groups in total. The zero-order valence-electron chi connectivity index (χ0n) is 28.9. The molecule has 0 spiro atoms. The molecule has 50 heavy (non-hydrogen) atoms. The van der Waals surface area contributed by atoms with Crippen molar-refractivity contribution in [2.45, 2.75) is 59.5 Å². The SMILES string of the molecule is CCOCC.COc1ccc(Cn2nc(C3=CCN(C(=O)OC(C)(C)C)C3)c3c(-c4ccc(CNC(=O)C(F)(F)F)c(F)c4)ccnc32)cc1. The van der Waals surface area contributed by atoms with Gasteiger partial charge in [0, 0.05) is 38.1 Å². The van der Waals surface area contributed by atoms with Gasteiger partial charge in [0.2, 0.25) is 0 Å². The van der Waals surface area contributed by atoms with Gasteiger partial charge in [-0.05, 0) is 81.1 Å². The van der Waals surface area contributed by atoms with Crippen molar-refractivity contribution in [3.8, 4) is 16.9 Å². The third-order valence-electron chi connectivity index (χ3n) is 7.47. The van der Waals surface area contributed by atoms with Crippen molar-refractivity contribution in [2.75, 3.05) is 33.4 Å². The van der Waals surface area contributed by atoms with Crippen LogP contribution in [0.4, 0.5) is 22.4 Å². The number of fused-ring (bicyclic) bond motifs is 1. The average Bonchev–Trinajstić information content (AvgIpc) is 3.70. The summed E-state index contributed by atoms with van der Waals surface area (Å²) >= 11 is 0. The van der Waals surface area contributed by atoms with Gasteiger partial charge in [-0.15, -0.1) is 0 Å². The Hall–Kier alpha value is -4.98. The van der Waals surface area contributed by atoms with Crippen LogP contribution < -0.4 is 10.1 Å². The highest BCUT2D eigenvalue weighted by Crippen LogP contribution is 2.36. The number of rotatable bonds is 9. The van der Waals surface area contributed by atoms with Crippen LogP contribution in [0, 0.1) is 5.82 Å². The number of hydrogen-bond donors (Lipinski definition) is 1. The van der Waals surface area contributed by atoms with E-state index in [1.54, 1.807) is 61.1 Å². The number of hydrogen-bond acceptors (Lipinski definition) is 7. The maximum atomic E-state index is 15.2. The Morgan fingerprint density at radius 3 is 2.28 bits per heavy atom. The highest BCUT2D eigenvalue weighted by atomic mass is 19.4. The molecule has 0 radical (unpaired) electrons. The fraction of sp³-hybridized carbons (Fsp3) is 0.389. The van der Waals surface area contributed by atoms with Gasteiger partial charge in [-0.25, -0.2) is 18.9 Å². The van der Waals surface area contributed by atoms with E-state index in [-0.39, 0.29) is 12.1 Å². The van der Waals surface area contributed by atoms with E-state index in [0.717, 1.165) is 24.4 Å². The van der Waals surface area contributed by atoms with Crippen LogP contribution >= 0.6 is 0 Å². The van der Waals surface area contributed by atoms with Gasteiger partial charge in [-0.1, -0.05) is 30.3 Å².